The summed E-state index contributed by atoms with van der Waals surface area (Å²) in [7, 11) is 0. The van der Waals surface area contributed by atoms with Crippen molar-refractivity contribution >= 4 is 5.91 Å². The van der Waals surface area contributed by atoms with Crippen molar-refractivity contribution in [2.24, 2.45) is 0 Å². The summed E-state index contributed by atoms with van der Waals surface area (Å²) in [5.41, 5.74) is 1.16. The maximum absolute atomic E-state index is 12.0. The van der Waals surface area contributed by atoms with Gasteiger partial charge in [-0.3, -0.25) is 4.79 Å². The van der Waals surface area contributed by atoms with E-state index in [-0.39, 0.29) is 18.1 Å². The summed E-state index contributed by atoms with van der Waals surface area (Å²) >= 11 is 0. The lowest BCUT2D eigenvalue weighted by Gasteiger charge is -2.19. The Morgan fingerprint density at radius 3 is 2.82 bits per heavy atom. The Bertz CT molecular complexity index is 388. The predicted octanol–water partition coefficient (Wildman–Crippen LogP) is 1.59. The lowest BCUT2D eigenvalue weighted by atomic mass is 10.1. The normalized spacial score (nSPS) is 21.5. The Balaban J connectivity index is 2.01. The minimum atomic E-state index is -0.135. The topological polar surface area (TPSA) is 64.4 Å². The average molecular weight is 238 g/mol. The third-order valence-electron chi connectivity index (χ3n) is 3.14. The molecule has 5 heteroatoms. The van der Waals surface area contributed by atoms with Crippen molar-refractivity contribution in [1.82, 2.24) is 10.5 Å². The van der Waals surface area contributed by atoms with Gasteiger partial charge in [0.25, 0.3) is 5.91 Å². The van der Waals surface area contributed by atoms with Gasteiger partial charge in [-0.1, -0.05) is 5.16 Å². The van der Waals surface area contributed by atoms with Gasteiger partial charge in [-0.15, -0.1) is 0 Å². The van der Waals surface area contributed by atoms with Gasteiger partial charge in [0, 0.05) is 6.61 Å². The van der Waals surface area contributed by atoms with E-state index in [0.717, 1.165) is 19.4 Å². The molecule has 1 saturated heterocycles. The van der Waals surface area contributed by atoms with E-state index in [1.54, 1.807) is 13.8 Å². The molecule has 1 fully saturated rings. The van der Waals surface area contributed by atoms with Gasteiger partial charge in [-0.2, -0.15) is 0 Å². The molecule has 1 N–H and O–H groups in total. The molecule has 0 spiro atoms. The van der Waals surface area contributed by atoms with Gasteiger partial charge >= 0.3 is 0 Å². The van der Waals surface area contributed by atoms with Crippen LogP contribution in [0.25, 0.3) is 0 Å². The molecule has 2 rings (SSSR count). The molecular weight excluding hydrogens is 220 g/mol. The summed E-state index contributed by atoms with van der Waals surface area (Å²) in [5, 5.41) is 6.72. The highest BCUT2D eigenvalue weighted by Crippen LogP contribution is 2.17. The number of hydrogen-bond acceptors (Lipinski definition) is 4. The summed E-state index contributed by atoms with van der Waals surface area (Å²) in [4.78, 5) is 12.0. The molecule has 1 aromatic heterocycles. The highest BCUT2D eigenvalue weighted by Gasteiger charge is 2.26. The maximum atomic E-state index is 12.0. The van der Waals surface area contributed by atoms with E-state index in [2.05, 4.69) is 10.5 Å². The number of aryl methyl sites for hydroxylation is 2. The molecule has 94 valence electrons. The fraction of sp³-hybridized carbons (Fsp3) is 0.667. The molecule has 2 atom stereocenters. The SMILES string of the molecule is Cc1noc(C)c1C(=O)N[C@H](C)[C@H]1CCCO1. The minimum absolute atomic E-state index is 0.0127. The molecular formula is C12H18N2O3. The van der Waals surface area contributed by atoms with Crippen LogP contribution in [0, 0.1) is 13.8 Å². The minimum Gasteiger partial charge on any atom is -0.376 e. The molecule has 1 aliphatic heterocycles. The van der Waals surface area contributed by atoms with Crippen molar-refractivity contribution in [2.45, 2.75) is 45.8 Å². The number of amides is 1. The lowest BCUT2D eigenvalue weighted by Crippen LogP contribution is -2.41. The molecule has 0 unspecified atom stereocenters. The molecule has 0 aliphatic carbocycles. The molecule has 17 heavy (non-hydrogen) atoms. The summed E-state index contributed by atoms with van der Waals surface area (Å²) in [6.07, 6.45) is 2.19. The molecule has 0 radical (unpaired) electrons. The first-order chi connectivity index (χ1) is 8.09. The second kappa shape index (κ2) is 4.87. The van der Waals surface area contributed by atoms with E-state index in [1.807, 2.05) is 6.92 Å². The molecule has 0 aromatic carbocycles. The summed E-state index contributed by atoms with van der Waals surface area (Å²) in [6.45, 7) is 6.26. The zero-order valence-electron chi connectivity index (χ0n) is 10.4. The van der Waals surface area contributed by atoms with Crippen LogP contribution in [-0.2, 0) is 4.74 Å². The van der Waals surface area contributed by atoms with Crippen LogP contribution in [0.2, 0.25) is 0 Å². The number of aromatic nitrogens is 1. The summed E-state index contributed by atoms with van der Waals surface area (Å²) in [5.74, 6) is 0.420. The van der Waals surface area contributed by atoms with Crippen molar-refractivity contribution < 1.29 is 14.1 Å². The highest BCUT2D eigenvalue weighted by molar-refractivity contribution is 5.96. The van der Waals surface area contributed by atoms with Gasteiger partial charge in [0.15, 0.2) is 0 Å². The van der Waals surface area contributed by atoms with E-state index in [1.165, 1.54) is 0 Å². The van der Waals surface area contributed by atoms with E-state index >= 15 is 0 Å². The third-order valence-corrected chi connectivity index (χ3v) is 3.14. The largest absolute Gasteiger partial charge is 0.376 e. The smallest absolute Gasteiger partial charge is 0.257 e. The maximum Gasteiger partial charge on any atom is 0.257 e. The van der Waals surface area contributed by atoms with Crippen molar-refractivity contribution in [1.29, 1.82) is 0 Å². The van der Waals surface area contributed by atoms with Crippen molar-refractivity contribution in [2.75, 3.05) is 6.61 Å². The molecule has 1 aromatic rings. The molecule has 0 bridgehead atoms. The average Bonchev–Trinajstić information content (AvgIpc) is 2.88. The first-order valence-electron chi connectivity index (χ1n) is 5.95. The molecule has 1 amide bonds. The van der Waals surface area contributed by atoms with E-state index < -0.39 is 0 Å². The number of nitrogens with zero attached hydrogens (tertiary/aromatic N) is 1. The second-order valence-corrected chi connectivity index (χ2v) is 4.51. The van der Waals surface area contributed by atoms with Gasteiger partial charge in [0.1, 0.15) is 11.3 Å². The van der Waals surface area contributed by atoms with Crippen molar-refractivity contribution in [3.05, 3.63) is 17.0 Å². The summed E-state index contributed by atoms with van der Waals surface area (Å²) in [6, 6.07) is 0.0127. The Morgan fingerprint density at radius 1 is 1.53 bits per heavy atom. The Hall–Kier alpha value is -1.36. The van der Waals surface area contributed by atoms with Crippen LogP contribution in [0.15, 0.2) is 4.52 Å². The van der Waals surface area contributed by atoms with Gasteiger partial charge < -0.3 is 14.6 Å². The first-order valence-corrected chi connectivity index (χ1v) is 5.95. The quantitative estimate of drug-likeness (QED) is 0.868. The number of rotatable bonds is 3. The van der Waals surface area contributed by atoms with Crippen LogP contribution < -0.4 is 5.32 Å². The molecule has 1 aliphatic rings. The lowest BCUT2D eigenvalue weighted by molar-refractivity contribution is 0.0711. The van der Waals surface area contributed by atoms with Crippen molar-refractivity contribution in [3.63, 3.8) is 0 Å². The van der Waals surface area contributed by atoms with Gasteiger partial charge in [0.2, 0.25) is 0 Å². The van der Waals surface area contributed by atoms with Crippen LogP contribution >= 0.6 is 0 Å². The third kappa shape index (κ3) is 2.49. The predicted molar refractivity (Wildman–Crippen MR) is 61.9 cm³/mol. The number of carbonyl (C=O) groups is 1. The van der Waals surface area contributed by atoms with E-state index in [4.69, 9.17) is 9.26 Å². The second-order valence-electron chi connectivity index (χ2n) is 4.51. The highest BCUT2D eigenvalue weighted by atomic mass is 16.5. The van der Waals surface area contributed by atoms with E-state index in [0.29, 0.717) is 17.0 Å². The van der Waals surface area contributed by atoms with Gasteiger partial charge in [0.05, 0.1) is 17.8 Å². The van der Waals surface area contributed by atoms with Gasteiger partial charge in [-0.05, 0) is 33.6 Å². The number of hydrogen-bond donors (Lipinski definition) is 1. The van der Waals surface area contributed by atoms with E-state index in [9.17, 15) is 4.79 Å². The van der Waals surface area contributed by atoms with Crippen molar-refractivity contribution in [3.8, 4) is 0 Å². The van der Waals surface area contributed by atoms with Crippen LogP contribution in [-0.4, -0.2) is 29.8 Å². The van der Waals surface area contributed by atoms with Gasteiger partial charge in [-0.25, -0.2) is 0 Å². The Kier molecular flexibility index (Phi) is 3.47. The van der Waals surface area contributed by atoms with Crippen LogP contribution in [0.3, 0.4) is 0 Å². The number of nitrogens with one attached hydrogen (secondary N) is 1. The Morgan fingerprint density at radius 2 is 2.29 bits per heavy atom. The molecule has 0 saturated carbocycles. The fourth-order valence-corrected chi connectivity index (χ4v) is 2.18. The fourth-order valence-electron chi connectivity index (χ4n) is 2.18. The Labute approximate surface area is 101 Å². The number of ether oxygens (including phenoxy) is 1. The molecule has 2 heterocycles. The number of carbonyl (C=O) groups excluding carboxylic acids is 1. The monoisotopic (exact) mass is 238 g/mol. The van der Waals surface area contributed by atoms with Crippen LogP contribution in [0.4, 0.5) is 0 Å². The standard InChI is InChI=1S/C12H18N2O3/c1-7(10-5-4-6-16-10)13-12(15)11-8(2)14-17-9(11)3/h7,10H,4-6H2,1-3H3,(H,13,15)/t7-,10-/m1/s1. The molecule has 5 nitrogen and oxygen atoms in total. The zero-order chi connectivity index (χ0) is 12.4. The summed E-state index contributed by atoms with van der Waals surface area (Å²) < 4.78 is 10.5. The van der Waals surface area contributed by atoms with Crippen LogP contribution in [0.5, 0.6) is 0 Å². The first kappa shape index (κ1) is 12.1. The zero-order valence-corrected chi connectivity index (χ0v) is 10.4. The van der Waals surface area contributed by atoms with Crippen LogP contribution in [0.1, 0.15) is 41.6 Å².